The van der Waals surface area contributed by atoms with E-state index < -0.39 is 5.60 Å². The molecule has 0 saturated heterocycles. The molecule has 2 heterocycles. The Bertz CT molecular complexity index is 908. The Balaban J connectivity index is 2.00. The number of ketones is 1. The Labute approximate surface area is 141 Å². The van der Waals surface area contributed by atoms with Crippen molar-refractivity contribution in [2.45, 2.75) is 25.9 Å². The zero-order chi connectivity index (χ0) is 16.7. The maximum Gasteiger partial charge on any atom is 0.227 e. The molecule has 1 aromatic heterocycles. The van der Waals surface area contributed by atoms with Crippen LogP contribution in [0, 0.1) is 6.92 Å². The quantitative estimate of drug-likeness (QED) is 0.688. The number of benzene rings is 2. The molecule has 0 aliphatic carbocycles. The van der Waals surface area contributed by atoms with Crippen molar-refractivity contribution in [1.82, 2.24) is 4.57 Å². The highest BCUT2D eigenvalue weighted by Crippen LogP contribution is 2.41. The maximum absolute atomic E-state index is 13.5. The van der Waals surface area contributed by atoms with E-state index in [9.17, 15) is 4.79 Å². The summed E-state index contributed by atoms with van der Waals surface area (Å²) in [5.74, 6) is 0.721. The van der Waals surface area contributed by atoms with Crippen molar-refractivity contribution in [3.05, 3.63) is 83.7 Å². The van der Waals surface area contributed by atoms with Gasteiger partial charge in [0.1, 0.15) is 5.75 Å². The highest BCUT2D eigenvalue weighted by atomic mass is 16.5. The lowest BCUT2D eigenvalue weighted by Gasteiger charge is -2.31. The Morgan fingerprint density at radius 2 is 1.75 bits per heavy atom. The van der Waals surface area contributed by atoms with Crippen molar-refractivity contribution in [3.63, 3.8) is 0 Å². The first kappa shape index (κ1) is 14.8. The molecule has 120 valence electrons. The number of aryl methyl sites for hydroxylation is 1. The predicted octanol–water partition coefficient (Wildman–Crippen LogP) is 4.67. The van der Waals surface area contributed by atoms with Crippen LogP contribution in [-0.2, 0) is 5.60 Å². The highest BCUT2D eigenvalue weighted by Gasteiger charge is 2.45. The molecular weight excluding hydrogens is 298 g/mol. The summed E-state index contributed by atoms with van der Waals surface area (Å²) in [4.78, 5) is 13.5. The minimum atomic E-state index is -1.00. The standard InChI is InChI=1S/C21H19NO2/c1-3-21(16-12-10-15(2)11-13-16)20(23)18-8-6-14-22(18)17-7-4-5-9-19(17)24-21/h4-14H,3H2,1-2H3/t21-/m1/s1. The van der Waals surface area contributed by atoms with Crippen LogP contribution in [0.25, 0.3) is 5.69 Å². The van der Waals surface area contributed by atoms with Crippen LogP contribution in [0.2, 0.25) is 0 Å². The summed E-state index contributed by atoms with van der Waals surface area (Å²) in [5, 5.41) is 0. The van der Waals surface area contributed by atoms with Crippen LogP contribution in [0.1, 0.15) is 35.0 Å². The fraction of sp³-hybridized carbons (Fsp3) is 0.190. The Hall–Kier alpha value is -2.81. The molecule has 3 aromatic rings. The smallest absolute Gasteiger partial charge is 0.227 e. The molecule has 0 fully saturated rings. The number of fused-ring (bicyclic) bond motifs is 3. The number of para-hydroxylation sites is 2. The molecule has 0 unspecified atom stereocenters. The third-order valence-electron chi connectivity index (χ3n) is 4.77. The summed E-state index contributed by atoms with van der Waals surface area (Å²) in [6, 6.07) is 19.6. The van der Waals surface area contributed by atoms with Crippen molar-refractivity contribution in [2.24, 2.45) is 0 Å². The number of carbonyl (C=O) groups is 1. The lowest BCUT2D eigenvalue weighted by molar-refractivity contribution is 0.0424. The zero-order valence-electron chi connectivity index (χ0n) is 13.8. The van der Waals surface area contributed by atoms with E-state index in [0.717, 1.165) is 22.6 Å². The first-order valence-corrected chi connectivity index (χ1v) is 8.23. The van der Waals surface area contributed by atoms with Crippen molar-refractivity contribution in [2.75, 3.05) is 0 Å². The number of rotatable bonds is 2. The first-order chi connectivity index (χ1) is 11.7. The van der Waals surface area contributed by atoms with Gasteiger partial charge in [0, 0.05) is 11.8 Å². The van der Waals surface area contributed by atoms with Gasteiger partial charge in [-0.05, 0) is 37.6 Å². The van der Waals surface area contributed by atoms with Gasteiger partial charge in [-0.1, -0.05) is 48.9 Å². The zero-order valence-corrected chi connectivity index (χ0v) is 13.8. The van der Waals surface area contributed by atoms with Crippen LogP contribution >= 0.6 is 0 Å². The number of nitrogens with zero attached hydrogens (tertiary/aromatic N) is 1. The molecule has 1 aliphatic heterocycles. The Morgan fingerprint density at radius 1 is 1.00 bits per heavy atom. The molecule has 0 radical (unpaired) electrons. The molecule has 0 spiro atoms. The first-order valence-electron chi connectivity index (χ1n) is 8.23. The summed E-state index contributed by atoms with van der Waals surface area (Å²) in [6.45, 7) is 4.04. The van der Waals surface area contributed by atoms with E-state index in [-0.39, 0.29) is 5.78 Å². The molecule has 2 aromatic carbocycles. The number of Topliss-reactive ketones (excluding diaryl/α,β-unsaturated/α-hetero) is 1. The van der Waals surface area contributed by atoms with Gasteiger partial charge in [-0.15, -0.1) is 0 Å². The Morgan fingerprint density at radius 3 is 2.50 bits per heavy atom. The van der Waals surface area contributed by atoms with Crippen LogP contribution in [-0.4, -0.2) is 10.4 Å². The fourth-order valence-electron chi connectivity index (χ4n) is 3.41. The van der Waals surface area contributed by atoms with Gasteiger partial charge in [-0.3, -0.25) is 4.79 Å². The van der Waals surface area contributed by atoms with Crippen LogP contribution in [0.3, 0.4) is 0 Å². The molecule has 1 aliphatic rings. The summed E-state index contributed by atoms with van der Waals surface area (Å²) in [7, 11) is 0. The summed E-state index contributed by atoms with van der Waals surface area (Å²) < 4.78 is 8.32. The number of hydrogen-bond donors (Lipinski definition) is 0. The molecule has 4 rings (SSSR count). The lowest BCUT2D eigenvalue weighted by Crippen LogP contribution is -2.41. The van der Waals surface area contributed by atoms with Gasteiger partial charge in [-0.2, -0.15) is 0 Å². The van der Waals surface area contributed by atoms with Crippen LogP contribution in [0.5, 0.6) is 5.75 Å². The minimum Gasteiger partial charge on any atom is -0.472 e. The van der Waals surface area contributed by atoms with Gasteiger partial charge in [0.05, 0.1) is 11.4 Å². The largest absolute Gasteiger partial charge is 0.472 e. The number of carbonyl (C=O) groups excluding carboxylic acids is 1. The van der Waals surface area contributed by atoms with E-state index in [0.29, 0.717) is 12.1 Å². The van der Waals surface area contributed by atoms with Gasteiger partial charge in [-0.25, -0.2) is 0 Å². The second kappa shape index (κ2) is 5.38. The normalized spacial score (nSPS) is 19.2. The molecule has 24 heavy (non-hydrogen) atoms. The third-order valence-corrected chi connectivity index (χ3v) is 4.77. The fourth-order valence-corrected chi connectivity index (χ4v) is 3.41. The SMILES string of the molecule is CC[C@]1(c2ccc(C)cc2)Oc2ccccc2-n2cccc2C1=O. The van der Waals surface area contributed by atoms with Crippen molar-refractivity contribution in [1.29, 1.82) is 0 Å². The maximum atomic E-state index is 13.5. The van der Waals surface area contributed by atoms with Crippen LogP contribution in [0.4, 0.5) is 0 Å². The van der Waals surface area contributed by atoms with Gasteiger partial charge in [0.2, 0.25) is 5.78 Å². The topological polar surface area (TPSA) is 31.2 Å². The number of hydrogen-bond acceptors (Lipinski definition) is 2. The van der Waals surface area contributed by atoms with Crippen molar-refractivity contribution in [3.8, 4) is 11.4 Å². The second-order valence-corrected chi connectivity index (χ2v) is 6.21. The average Bonchev–Trinajstić information content (AvgIpc) is 3.06. The molecular formula is C21H19NO2. The molecule has 3 nitrogen and oxygen atoms in total. The van der Waals surface area contributed by atoms with E-state index in [4.69, 9.17) is 4.74 Å². The Kier molecular flexibility index (Phi) is 3.31. The van der Waals surface area contributed by atoms with Crippen molar-refractivity contribution < 1.29 is 9.53 Å². The second-order valence-electron chi connectivity index (χ2n) is 6.21. The molecule has 0 N–H and O–H groups in total. The van der Waals surface area contributed by atoms with Gasteiger partial charge in [0.15, 0.2) is 5.60 Å². The monoisotopic (exact) mass is 317 g/mol. The molecule has 0 amide bonds. The minimum absolute atomic E-state index is 0.00458. The van der Waals surface area contributed by atoms with Crippen molar-refractivity contribution >= 4 is 5.78 Å². The molecule has 0 saturated carbocycles. The molecule has 3 heteroatoms. The summed E-state index contributed by atoms with van der Waals surface area (Å²) >= 11 is 0. The summed E-state index contributed by atoms with van der Waals surface area (Å²) in [6.07, 6.45) is 2.48. The van der Waals surface area contributed by atoms with Gasteiger partial charge >= 0.3 is 0 Å². The highest BCUT2D eigenvalue weighted by molar-refractivity contribution is 6.03. The number of ether oxygens (including phenoxy) is 1. The van der Waals surface area contributed by atoms with E-state index in [1.165, 1.54) is 0 Å². The van der Waals surface area contributed by atoms with E-state index in [2.05, 4.69) is 0 Å². The third kappa shape index (κ3) is 2.01. The van der Waals surface area contributed by atoms with Gasteiger partial charge in [0.25, 0.3) is 0 Å². The van der Waals surface area contributed by atoms with Crippen LogP contribution in [0.15, 0.2) is 66.9 Å². The van der Waals surface area contributed by atoms with E-state index in [1.54, 1.807) is 0 Å². The predicted molar refractivity (Wildman–Crippen MR) is 93.9 cm³/mol. The summed E-state index contributed by atoms with van der Waals surface area (Å²) in [5.41, 5.74) is 2.60. The number of aromatic nitrogens is 1. The molecule has 1 atom stereocenters. The van der Waals surface area contributed by atoms with Gasteiger partial charge < -0.3 is 9.30 Å². The van der Waals surface area contributed by atoms with E-state index >= 15 is 0 Å². The molecule has 0 bridgehead atoms. The van der Waals surface area contributed by atoms with E-state index in [1.807, 2.05) is 85.3 Å². The van der Waals surface area contributed by atoms with Crippen LogP contribution < -0.4 is 4.74 Å². The lowest BCUT2D eigenvalue weighted by atomic mass is 9.85. The average molecular weight is 317 g/mol.